The van der Waals surface area contributed by atoms with Gasteiger partial charge < -0.3 is 0 Å². The average Bonchev–Trinajstić information content (AvgIpc) is 3.65. The molecule has 3 heteroatoms. The minimum atomic E-state index is -0.600. The molecular formula is C56H37N3. The molecule has 1 heterocycles. The summed E-state index contributed by atoms with van der Waals surface area (Å²) >= 11 is 0. The summed E-state index contributed by atoms with van der Waals surface area (Å²) in [5.74, 6) is 1.88. The zero-order chi connectivity index (χ0) is 39.2. The highest BCUT2D eigenvalue weighted by Gasteiger charge is 2.48. The fourth-order valence-electron chi connectivity index (χ4n) is 9.19. The third-order valence-corrected chi connectivity index (χ3v) is 11.8. The van der Waals surface area contributed by atoms with Gasteiger partial charge in [-0.3, -0.25) is 0 Å². The van der Waals surface area contributed by atoms with Gasteiger partial charge in [-0.1, -0.05) is 200 Å². The van der Waals surface area contributed by atoms with Crippen LogP contribution < -0.4 is 0 Å². The molecule has 0 spiro atoms. The SMILES string of the molecule is c1ccc(-c2cc(-c3ccccc3)cc(-c3nc(-c4ccccc4)nc(-c4cc5ccccc5c5c4-c4ccccc4C5(c4ccccc4)c4ccccc4)n3)c2)cc1. The van der Waals surface area contributed by atoms with Gasteiger partial charge in [0.1, 0.15) is 0 Å². The van der Waals surface area contributed by atoms with Crippen molar-refractivity contribution in [2.45, 2.75) is 5.41 Å². The quantitative estimate of drug-likeness (QED) is 0.163. The lowest BCUT2D eigenvalue weighted by atomic mass is 9.66. The number of rotatable bonds is 7. The van der Waals surface area contributed by atoms with Crippen LogP contribution in [0.3, 0.4) is 0 Å². The second-order valence-corrected chi connectivity index (χ2v) is 15.1. The van der Waals surface area contributed by atoms with Crippen LogP contribution in [0, 0.1) is 0 Å². The van der Waals surface area contributed by atoms with Gasteiger partial charge in [0.25, 0.3) is 0 Å². The molecule has 1 aromatic heterocycles. The van der Waals surface area contributed by atoms with Crippen LogP contribution in [0.2, 0.25) is 0 Å². The highest BCUT2D eigenvalue weighted by Crippen LogP contribution is 2.60. The normalized spacial score (nSPS) is 12.5. The topological polar surface area (TPSA) is 38.7 Å². The summed E-state index contributed by atoms with van der Waals surface area (Å²) in [6, 6.07) is 80.0. The van der Waals surface area contributed by atoms with Crippen molar-refractivity contribution in [2.24, 2.45) is 0 Å². The largest absolute Gasteiger partial charge is 0.208 e. The van der Waals surface area contributed by atoms with Gasteiger partial charge in [0.05, 0.1) is 5.41 Å². The molecule has 0 amide bonds. The maximum absolute atomic E-state index is 5.50. The van der Waals surface area contributed by atoms with Crippen LogP contribution in [-0.4, -0.2) is 15.0 Å². The van der Waals surface area contributed by atoms with Crippen LogP contribution in [0.1, 0.15) is 22.3 Å². The van der Waals surface area contributed by atoms with E-state index in [1.165, 1.54) is 33.2 Å². The number of benzene rings is 9. The van der Waals surface area contributed by atoms with Crippen molar-refractivity contribution < 1.29 is 0 Å². The van der Waals surface area contributed by atoms with E-state index >= 15 is 0 Å². The third kappa shape index (κ3) is 5.78. The predicted molar refractivity (Wildman–Crippen MR) is 242 cm³/mol. The molecular weight excluding hydrogens is 715 g/mol. The van der Waals surface area contributed by atoms with E-state index in [4.69, 9.17) is 15.0 Å². The molecule has 0 bridgehead atoms. The second-order valence-electron chi connectivity index (χ2n) is 15.1. The Hall–Kier alpha value is -7.75. The first-order valence-electron chi connectivity index (χ1n) is 20.1. The van der Waals surface area contributed by atoms with Crippen molar-refractivity contribution in [3.8, 4) is 67.5 Å². The van der Waals surface area contributed by atoms with Gasteiger partial charge in [-0.2, -0.15) is 0 Å². The van der Waals surface area contributed by atoms with Gasteiger partial charge in [0.2, 0.25) is 0 Å². The molecule has 0 fully saturated rings. The van der Waals surface area contributed by atoms with Crippen LogP contribution >= 0.6 is 0 Å². The first-order valence-corrected chi connectivity index (χ1v) is 20.1. The summed E-state index contributed by atoms with van der Waals surface area (Å²) in [5, 5.41) is 2.33. The Morgan fingerprint density at radius 1 is 0.305 bits per heavy atom. The van der Waals surface area contributed by atoms with Crippen molar-refractivity contribution in [3.05, 3.63) is 247 Å². The molecule has 0 radical (unpaired) electrons. The molecule has 0 saturated heterocycles. The molecule has 59 heavy (non-hydrogen) atoms. The van der Waals surface area contributed by atoms with Crippen LogP contribution in [0.5, 0.6) is 0 Å². The first kappa shape index (κ1) is 34.5. The lowest BCUT2D eigenvalue weighted by Crippen LogP contribution is -2.28. The zero-order valence-electron chi connectivity index (χ0n) is 32.2. The summed E-state index contributed by atoms with van der Waals surface area (Å²) in [6.07, 6.45) is 0. The first-order chi connectivity index (χ1) is 29.3. The Morgan fingerprint density at radius 3 is 1.34 bits per heavy atom. The van der Waals surface area contributed by atoms with E-state index in [0.717, 1.165) is 49.9 Å². The molecule has 1 aliphatic carbocycles. The minimum absolute atomic E-state index is 0.600. The number of fused-ring (bicyclic) bond motifs is 5. The fraction of sp³-hybridized carbons (Fsp3) is 0.0179. The van der Waals surface area contributed by atoms with Gasteiger partial charge in [-0.05, 0) is 90.7 Å². The number of aromatic nitrogens is 3. The van der Waals surface area contributed by atoms with E-state index in [-0.39, 0.29) is 0 Å². The Morgan fingerprint density at radius 2 is 0.746 bits per heavy atom. The van der Waals surface area contributed by atoms with Crippen molar-refractivity contribution >= 4 is 10.8 Å². The van der Waals surface area contributed by atoms with Crippen molar-refractivity contribution in [1.82, 2.24) is 15.0 Å². The van der Waals surface area contributed by atoms with Gasteiger partial charge >= 0.3 is 0 Å². The highest BCUT2D eigenvalue weighted by atomic mass is 15.0. The molecule has 0 saturated carbocycles. The maximum Gasteiger partial charge on any atom is 0.164 e. The molecule has 1 aliphatic rings. The van der Waals surface area contributed by atoms with Crippen LogP contribution in [0.4, 0.5) is 0 Å². The van der Waals surface area contributed by atoms with E-state index in [0.29, 0.717) is 17.5 Å². The van der Waals surface area contributed by atoms with E-state index in [1.54, 1.807) is 0 Å². The molecule has 0 atom stereocenters. The summed E-state index contributed by atoms with van der Waals surface area (Å²) in [5.41, 5.74) is 13.9. The zero-order valence-corrected chi connectivity index (χ0v) is 32.2. The molecule has 0 aliphatic heterocycles. The Kier molecular flexibility index (Phi) is 8.37. The number of hydrogen-bond acceptors (Lipinski definition) is 3. The molecule has 0 N–H and O–H groups in total. The number of hydrogen-bond donors (Lipinski definition) is 0. The van der Waals surface area contributed by atoms with Gasteiger partial charge in [0, 0.05) is 16.7 Å². The van der Waals surface area contributed by atoms with Crippen molar-refractivity contribution in [3.63, 3.8) is 0 Å². The molecule has 10 aromatic rings. The Balaban J connectivity index is 1.24. The van der Waals surface area contributed by atoms with Gasteiger partial charge in [-0.15, -0.1) is 0 Å². The average molecular weight is 752 g/mol. The smallest absolute Gasteiger partial charge is 0.164 e. The number of nitrogens with zero attached hydrogens (tertiary/aromatic N) is 3. The summed E-state index contributed by atoms with van der Waals surface area (Å²) < 4.78 is 0. The standard InChI is InChI=1S/C56H37N3/c1-6-20-38(21-7-1)42-34-43(39-22-8-2-9-23-39)36-44(35-42)54-57-53(40-24-10-3-11-25-40)58-55(59-54)49-37-41-26-16-17-31-47(41)52-51(49)48-32-18-19-33-50(48)56(52,45-27-12-4-13-28-45)46-29-14-5-15-30-46/h1-37H. The predicted octanol–water partition coefficient (Wildman–Crippen LogP) is 13.7. The fourth-order valence-corrected chi connectivity index (χ4v) is 9.19. The molecule has 0 unspecified atom stereocenters. The lowest BCUT2D eigenvalue weighted by molar-refractivity contribution is 0.775. The van der Waals surface area contributed by atoms with Crippen molar-refractivity contribution in [2.75, 3.05) is 0 Å². The van der Waals surface area contributed by atoms with E-state index in [2.05, 4.69) is 206 Å². The van der Waals surface area contributed by atoms with E-state index < -0.39 is 5.41 Å². The van der Waals surface area contributed by atoms with Gasteiger partial charge in [-0.25, -0.2) is 15.0 Å². The van der Waals surface area contributed by atoms with Crippen LogP contribution in [0.25, 0.3) is 78.3 Å². The van der Waals surface area contributed by atoms with E-state index in [9.17, 15) is 0 Å². The van der Waals surface area contributed by atoms with Gasteiger partial charge in [0.15, 0.2) is 17.5 Å². The summed E-state index contributed by atoms with van der Waals surface area (Å²) in [7, 11) is 0. The minimum Gasteiger partial charge on any atom is -0.208 e. The van der Waals surface area contributed by atoms with E-state index in [1.807, 2.05) is 18.2 Å². The van der Waals surface area contributed by atoms with Crippen LogP contribution in [-0.2, 0) is 5.41 Å². The summed E-state index contributed by atoms with van der Waals surface area (Å²) in [6.45, 7) is 0. The molecule has 276 valence electrons. The van der Waals surface area contributed by atoms with Crippen LogP contribution in [0.15, 0.2) is 224 Å². The lowest BCUT2D eigenvalue weighted by Gasteiger charge is -2.34. The monoisotopic (exact) mass is 751 g/mol. The summed E-state index contributed by atoms with van der Waals surface area (Å²) in [4.78, 5) is 16.2. The van der Waals surface area contributed by atoms with Crippen molar-refractivity contribution in [1.29, 1.82) is 0 Å². The second kappa shape index (κ2) is 14.3. The third-order valence-electron chi connectivity index (χ3n) is 11.8. The molecule has 11 rings (SSSR count). The Labute approximate surface area is 344 Å². The molecule has 3 nitrogen and oxygen atoms in total. The Bertz CT molecular complexity index is 3030. The maximum atomic E-state index is 5.50. The highest BCUT2D eigenvalue weighted by molar-refractivity contribution is 6.06. The molecule has 9 aromatic carbocycles.